The van der Waals surface area contributed by atoms with Crippen LogP contribution in [-0.2, 0) is 5.88 Å². The van der Waals surface area contributed by atoms with Gasteiger partial charge in [-0.2, -0.15) is 0 Å². The van der Waals surface area contributed by atoms with Crippen molar-refractivity contribution in [2.75, 3.05) is 13.2 Å². The van der Waals surface area contributed by atoms with Gasteiger partial charge in [-0.3, -0.25) is 4.90 Å². The lowest BCUT2D eigenvalue weighted by atomic mass is 10.1. The summed E-state index contributed by atoms with van der Waals surface area (Å²) in [5.41, 5.74) is 0.959. The van der Waals surface area contributed by atoms with Gasteiger partial charge in [0.2, 0.25) is 0 Å². The zero-order valence-electron chi connectivity index (χ0n) is 11.4. The smallest absolute Gasteiger partial charge is 0.110 e. The van der Waals surface area contributed by atoms with Gasteiger partial charge < -0.3 is 5.11 Å². The van der Waals surface area contributed by atoms with E-state index < -0.39 is 0 Å². The molecule has 1 aromatic heterocycles. The molecule has 1 aromatic rings. The molecule has 0 aliphatic rings. The van der Waals surface area contributed by atoms with Gasteiger partial charge in [0.15, 0.2) is 0 Å². The fraction of sp³-hybridized carbons (Fsp3) is 0.769. The monoisotopic (exact) mass is 290 g/mol. The summed E-state index contributed by atoms with van der Waals surface area (Å²) in [6.45, 7) is 7.71. The molecule has 0 radical (unpaired) electrons. The first-order valence-corrected chi connectivity index (χ1v) is 7.92. The summed E-state index contributed by atoms with van der Waals surface area (Å²) in [6.07, 6.45) is 1.83. The van der Waals surface area contributed by atoms with Crippen LogP contribution in [0.2, 0.25) is 0 Å². The van der Waals surface area contributed by atoms with Crippen LogP contribution in [0.25, 0.3) is 0 Å². The highest BCUT2D eigenvalue weighted by atomic mass is 35.5. The van der Waals surface area contributed by atoms with Crippen molar-refractivity contribution in [3.05, 3.63) is 16.1 Å². The summed E-state index contributed by atoms with van der Waals surface area (Å²) >= 11 is 7.50. The molecule has 0 saturated heterocycles. The highest BCUT2D eigenvalue weighted by Gasteiger charge is 2.23. The summed E-state index contributed by atoms with van der Waals surface area (Å²) in [5.74, 6) is 0.477. The van der Waals surface area contributed by atoms with E-state index in [0.29, 0.717) is 18.0 Å². The molecule has 0 saturated carbocycles. The van der Waals surface area contributed by atoms with Gasteiger partial charge in [0.25, 0.3) is 0 Å². The van der Waals surface area contributed by atoms with E-state index in [1.165, 1.54) is 0 Å². The molecule has 0 spiro atoms. The SMILES string of the molecule is CCC(c1nc(CCl)cs1)N(CCCO)C(C)C. The highest BCUT2D eigenvalue weighted by Crippen LogP contribution is 2.29. The first-order valence-electron chi connectivity index (χ1n) is 6.50. The Morgan fingerprint density at radius 3 is 2.67 bits per heavy atom. The number of nitrogens with zero attached hydrogens (tertiary/aromatic N) is 2. The second-order valence-electron chi connectivity index (χ2n) is 4.64. The van der Waals surface area contributed by atoms with Crippen molar-refractivity contribution in [2.45, 2.75) is 51.6 Å². The van der Waals surface area contributed by atoms with Crippen LogP contribution in [0.4, 0.5) is 0 Å². The van der Waals surface area contributed by atoms with Crippen LogP contribution in [-0.4, -0.2) is 34.2 Å². The Morgan fingerprint density at radius 2 is 2.22 bits per heavy atom. The summed E-state index contributed by atoms with van der Waals surface area (Å²) in [4.78, 5) is 7.00. The maximum absolute atomic E-state index is 9.01. The van der Waals surface area contributed by atoms with Crippen molar-refractivity contribution in [1.29, 1.82) is 0 Å². The number of alkyl halides is 1. The second-order valence-corrected chi connectivity index (χ2v) is 5.80. The standard InChI is InChI=1S/C13H23ClN2OS/c1-4-12(13-15-11(8-14)9-18-13)16(10(2)3)6-5-7-17/h9-10,12,17H,4-8H2,1-3H3. The van der Waals surface area contributed by atoms with Gasteiger partial charge in [0, 0.05) is 24.6 Å². The fourth-order valence-electron chi connectivity index (χ4n) is 2.12. The van der Waals surface area contributed by atoms with Gasteiger partial charge in [0.05, 0.1) is 17.6 Å². The third kappa shape index (κ3) is 4.19. The number of aromatic nitrogens is 1. The average Bonchev–Trinajstić information content (AvgIpc) is 2.82. The van der Waals surface area contributed by atoms with Gasteiger partial charge in [0.1, 0.15) is 5.01 Å². The molecule has 1 heterocycles. The van der Waals surface area contributed by atoms with Crippen LogP contribution < -0.4 is 0 Å². The summed E-state index contributed by atoms with van der Waals surface area (Å²) in [5, 5.41) is 12.2. The molecule has 18 heavy (non-hydrogen) atoms. The number of thiazole rings is 1. The Labute approximate surface area is 119 Å². The maximum Gasteiger partial charge on any atom is 0.110 e. The summed E-state index contributed by atoms with van der Waals surface area (Å²) in [7, 11) is 0. The zero-order valence-corrected chi connectivity index (χ0v) is 13.0. The largest absolute Gasteiger partial charge is 0.396 e. The van der Waals surface area contributed by atoms with Crippen molar-refractivity contribution in [2.24, 2.45) is 0 Å². The predicted octanol–water partition coefficient (Wildman–Crippen LogP) is 3.43. The quantitative estimate of drug-likeness (QED) is 0.745. The predicted molar refractivity (Wildman–Crippen MR) is 78.2 cm³/mol. The van der Waals surface area contributed by atoms with Crippen LogP contribution in [0.5, 0.6) is 0 Å². The van der Waals surface area contributed by atoms with Crippen LogP contribution in [0.1, 0.15) is 50.4 Å². The normalized spacial score (nSPS) is 13.5. The first-order chi connectivity index (χ1) is 8.63. The van der Waals surface area contributed by atoms with E-state index in [1.807, 2.05) is 5.38 Å². The number of hydrogen-bond acceptors (Lipinski definition) is 4. The lowest BCUT2D eigenvalue weighted by Gasteiger charge is -2.33. The molecule has 0 bridgehead atoms. The van der Waals surface area contributed by atoms with Crippen molar-refractivity contribution < 1.29 is 5.11 Å². The van der Waals surface area contributed by atoms with E-state index >= 15 is 0 Å². The minimum atomic E-state index is 0.241. The van der Waals surface area contributed by atoms with Crippen LogP contribution >= 0.6 is 22.9 Å². The highest BCUT2D eigenvalue weighted by molar-refractivity contribution is 7.09. The van der Waals surface area contributed by atoms with E-state index in [0.717, 1.165) is 30.1 Å². The maximum atomic E-state index is 9.01. The molecule has 0 aliphatic carbocycles. The van der Waals surface area contributed by atoms with E-state index in [4.69, 9.17) is 16.7 Å². The minimum absolute atomic E-state index is 0.241. The van der Waals surface area contributed by atoms with E-state index in [9.17, 15) is 0 Å². The lowest BCUT2D eigenvalue weighted by Crippen LogP contribution is -2.35. The molecule has 0 aliphatic heterocycles. The molecule has 0 fully saturated rings. The van der Waals surface area contributed by atoms with Gasteiger partial charge in [-0.1, -0.05) is 6.92 Å². The lowest BCUT2D eigenvalue weighted by molar-refractivity contribution is 0.133. The molecule has 1 unspecified atom stereocenters. The fourth-order valence-corrected chi connectivity index (χ4v) is 3.37. The Bertz CT molecular complexity index is 343. The molecule has 1 rings (SSSR count). The number of aliphatic hydroxyl groups is 1. The Hall–Kier alpha value is -0.160. The van der Waals surface area contributed by atoms with Crippen molar-refractivity contribution in [1.82, 2.24) is 9.88 Å². The van der Waals surface area contributed by atoms with Crippen LogP contribution in [0.3, 0.4) is 0 Å². The molecule has 5 heteroatoms. The van der Waals surface area contributed by atoms with Crippen molar-refractivity contribution in [3.63, 3.8) is 0 Å². The van der Waals surface area contributed by atoms with Gasteiger partial charge in [-0.15, -0.1) is 22.9 Å². The van der Waals surface area contributed by atoms with Crippen LogP contribution in [0.15, 0.2) is 5.38 Å². The third-order valence-corrected chi connectivity index (χ3v) is 4.28. The summed E-state index contributed by atoms with van der Waals surface area (Å²) in [6, 6.07) is 0.781. The molecule has 1 N–H and O–H groups in total. The molecular weight excluding hydrogens is 268 g/mol. The number of hydrogen-bond donors (Lipinski definition) is 1. The average molecular weight is 291 g/mol. The molecular formula is C13H23ClN2OS. The number of aliphatic hydroxyl groups excluding tert-OH is 1. The number of halogens is 1. The molecule has 0 aromatic carbocycles. The van der Waals surface area contributed by atoms with Gasteiger partial charge >= 0.3 is 0 Å². The molecule has 0 amide bonds. The first kappa shape index (κ1) is 15.9. The van der Waals surface area contributed by atoms with E-state index in [2.05, 4.69) is 30.7 Å². The van der Waals surface area contributed by atoms with E-state index in [1.54, 1.807) is 11.3 Å². The van der Waals surface area contributed by atoms with E-state index in [-0.39, 0.29) is 6.61 Å². The third-order valence-electron chi connectivity index (χ3n) is 3.02. The molecule has 104 valence electrons. The molecule has 1 atom stereocenters. The molecule has 3 nitrogen and oxygen atoms in total. The second kappa shape index (κ2) is 8.10. The van der Waals surface area contributed by atoms with Crippen LogP contribution in [0, 0.1) is 0 Å². The Kier molecular flexibility index (Phi) is 7.15. The Morgan fingerprint density at radius 1 is 1.50 bits per heavy atom. The Balaban J connectivity index is 2.83. The zero-order chi connectivity index (χ0) is 13.5. The number of rotatable bonds is 8. The van der Waals surface area contributed by atoms with Gasteiger partial charge in [-0.05, 0) is 26.7 Å². The summed E-state index contributed by atoms with van der Waals surface area (Å²) < 4.78 is 0. The van der Waals surface area contributed by atoms with Crippen molar-refractivity contribution >= 4 is 22.9 Å². The topological polar surface area (TPSA) is 36.4 Å². The minimum Gasteiger partial charge on any atom is -0.396 e. The van der Waals surface area contributed by atoms with Crippen molar-refractivity contribution in [3.8, 4) is 0 Å². The van der Waals surface area contributed by atoms with Gasteiger partial charge in [-0.25, -0.2) is 4.98 Å².